The van der Waals surface area contributed by atoms with E-state index in [1.54, 1.807) is 0 Å². The molecule has 2 aromatic rings. The fourth-order valence-electron chi connectivity index (χ4n) is 7.15. The molecule has 2 saturated heterocycles. The topological polar surface area (TPSA) is 56.8 Å². The summed E-state index contributed by atoms with van der Waals surface area (Å²) in [6, 6.07) is 9.84. The van der Waals surface area contributed by atoms with E-state index in [0.29, 0.717) is 12.1 Å². The number of nitrogens with zero attached hydrogens (tertiary/aromatic N) is 5. The summed E-state index contributed by atoms with van der Waals surface area (Å²) >= 11 is 0. The molecule has 4 fully saturated rings. The van der Waals surface area contributed by atoms with Gasteiger partial charge in [-0.3, -0.25) is 4.90 Å². The van der Waals surface area contributed by atoms with Crippen LogP contribution in [0.5, 0.6) is 0 Å². The Morgan fingerprint density at radius 2 is 1.66 bits per heavy atom. The average Bonchev–Trinajstić information content (AvgIpc) is 3.73. The smallest absolute Gasteiger partial charge is 0.227 e. The molecule has 7 nitrogen and oxygen atoms in total. The minimum atomic E-state index is 0.333. The summed E-state index contributed by atoms with van der Waals surface area (Å²) in [4.78, 5) is 17.9. The molecule has 7 heteroatoms. The number of aromatic nitrogens is 2. The van der Waals surface area contributed by atoms with E-state index in [0.717, 1.165) is 62.1 Å². The molecular weight excluding hydrogens is 472 g/mol. The number of ether oxygens (including phenoxy) is 1. The van der Waals surface area contributed by atoms with Crippen molar-refractivity contribution in [3.63, 3.8) is 0 Å². The van der Waals surface area contributed by atoms with Gasteiger partial charge in [0.25, 0.3) is 0 Å². The van der Waals surface area contributed by atoms with Crippen LogP contribution in [0.2, 0.25) is 0 Å². The van der Waals surface area contributed by atoms with Crippen LogP contribution in [0.25, 0.3) is 0 Å². The van der Waals surface area contributed by atoms with E-state index in [4.69, 9.17) is 14.7 Å². The van der Waals surface area contributed by atoms with E-state index in [1.165, 1.54) is 87.7 Å². The van der Waals surface area contributed by atoms with E-state index in [-0.39, 0.29) is 0 Å². The van der Waals surface area contributed by atoms with Crippen LogP contribution in [0.1, 0.15) is 80.5 Å². The minimum absolute atomic E-state index is 0.333. The Labute approximate surface area is 228 Å². The minimum Gasteiger partial charge on any atom is -0.374 e. The van der Waals surface area contributed by atoms with Crippen molar-refractivity contribution in [2.24, 2.45) is 5.92 Å². The van der Waals surface area contributed by atoms with Gasteiger partial charge in [0.1, 0.15) is 5.82 Å². The molecule has 0 bridgehead atoms. The highest BCUT2D eigenvalue weighted by Crippen LogP contribution is 2.38. The number of anilines is 3. The molecule has 4 heterocycles. The molecule has 0 spiro atoms. The van der Waals surface area contributed by atoms with Gasteiger partial charge in [0.15, 0.2) is 0 Å². The predicted octanol–water partition coefficient (Wildman–Crippen LogP) is 5.29. The van der Waals surface area contributed by atoms with Crippen LogP contribution in [-0.2, 0) is 17.8 Å². The Morgan fingerprint density at radius 3 is 2.42 bits per heavy atom. The highest BCUT2D eigenvalue weighted by molar-refractivity contribution is 5.63. The van der Waals surface area contributed by atoms with Crippen LogP contribution < -0.4 is 10.2 Å². The Kier molecular flexibility index (Phi) is 7.01. The average molecular weight is 517 g/mol. The van der Waals surface area contributed by atoms with Gasteiger partial charge in [-0.05, 0) is 88.2 Å². The number of likely N-dealkylation sites (tertiary alicyclic amines) is 1. The Balaban J connectivity index is 1.14. The van der Waals surface area contributed by atoms with Crippen molar-refractivity contribution in [1.82, 2.24) is 19.8 Å². The van der Waals surface area contributed by atoms with Crippen molar-refractivity contribution in [3.8, 4) is 0 Å². The van der Waals surface area contributed by atoms with E-state index in [1.807, 2.05) is 0 Å². The van der Waals surface area contributed by atoms with E-state index >= 15 is 0 Å². The second-order valence-electron chi connectivity index (χ2n) is 12.5. The maximum absolute atomic E-state index is 6.11. The molecule has 38 heavy (non-hydrogen) atoms. The van der Waals surface area contributed by atoms with Crippen molar-refractivity contribution < 1.29 is 4.74 Å². The highest BCUT2D eigenvalue weighted by atomic mass is 16.5. The molecule has 7 rings (SSSR count). The molecule has 1 atom stereocenters. The van der Waals surface area contributed by atoms with E-state index in [2.05, 4.69) is 51.3 Å². The fraction of sp³-hybridized carbons (Fsp3) is 0.677. The Hall–Kier alpha value is -2.22. The first-order chi connectivity index (χ1) is 18.7. The largest absolute Gasteiger partial charge is 0.374 e. The maximum Gasteiger partial charge on any atom is 0.227 e. The molecule has 1 aromatic heterocycles. The third-order valence-electron chi connectivity index (χ3n) is 9.77. The second-order valence-corrected chi connectivity index (χ2v) is 12.5. The summed E-state index contributed by atoms with van der Waals surface area (Å²) in [6.45, 7) is 6.81. The lowest BCUT2D eigenvalue weighted by Crippen LogP contribution is -2.44. The summed E-state index contributed by atoms with van der Waals surface area (Å²) in [6.07, 6.45) is 12.2. The molecule has 204 valence electrons. The third kappa shape index (κ3) is 5.30. The summed E-state index contributed by atoms with van der Waals surface area (Å²) in [5.74, 6) is 3.34. The zero-order valence-electron chi connectivity index (χ0n) is 23.1. The molecule has 0 radical (unpaired) electrons. The zero-order chi connectivity index (χ0) is 25.5. The molecule has 3 aliphatic heterocycles. The molecule has 2 aliphatic carbocycles. The Bertz CT molecular complexity index is 1100. The first kappa shape index (κ1) is 24.8. The zero-order valence-corrected chi connectivity index (χ0v) is 23.1. The lowest BCUT2D eigenvalue weighted by atomic mass is 9.84. The molecule has 1 unspecified atom stereocenters. The van der Waals surface area contributed by atoms with Crippen molar-refractivity contribution in [3.05, 3.63) is 41.1 Å². The summed E-state index contributed by atoms with van der Waals surface area (Å²) < 4.78 is 6.11. The van der Waals surface area contributed by atoms with Crippen molar-refractivity contribution in [2.45, 2.75) is 88.9 Å². The molecule has 1 N–H and O–H groups in total. The summed E-state index contributed by atoms with van der Waals surface area (Å²) in [7, 11) is 2.24. The van der Waals surface area contributed by atoms with Crippen molar-refractivity contribution >= 4 is 17.5 Å². The van der Waals surface area contributed by atoms with Gasteiger partial charge in [0.05, 0.1) is 18.4 Å². The molecule has 0 amide bonds. The van der Waals surface area contributed by atoms with Gasteiger partial charge in [0.2, 0.25) is 5.95 Å². The number of piperidine rings is 1. The van der Waals surface area contributed by atoms with Gasteiger partial charge >= 0.3 is 0 Å². The molecule has 2 saturated carbocycles. The number of morpholine rings is 1. The van der Waals surface area contributed by atoms with E-state index in [9.17, 15) is 0 Å². The fourth-order valence-corrected chi connectivity index (χ4v) is 7.15. The first-order valence-electron chi connectivity index (χ1n) is 15.3. The number of fused-ring (bicyclic) bond motifs is 1. The lowest BCUT2D eigenvalue weighted by molar-refractivity contribution is 0.0258. The van der Waals surface area contributed by atoms with Gasteiger partial charge in [0, 0.05) is 43.5 Å². The number of nitrogens with one attached hydrogen (secondary N) is 1. The summed E-state index contributed by atoms with van der Waals surface area (Å²) in [5, 5.41) is 3.75. The van der Waals surface area contributed by atoms with Gasteiger partial charge in [-0.1, -0.05) is 31.4 Å². The second kappa shape index (κ2) is 10.7. The van der Waals surface area contributed by atoms with Crippen LogP contribution in [0.4, 0.5) is 17.5 Å². The van der Waals surface area contributed by atoms with Gasteiger partial charge in [-0.25, -0.2) is 4.98 Å². The highest BCUT2D eigenvalue weighted by Gasteiger charge is 2.37. The quantitative estimate of drug-likeness (QED) is 0.560. The van der Waals surface area contributed by atoms with Crippen molar-refractivity contribution in [2.75, 3.05) is 50.1 Å². The SMILES string of the molecule is CN1CCC(N2Cc3nc(N4CCOC(C5CC5)C4)nc(Nc4ccc(C5CCCCC5)cc4)c3C2)CC1. The van der Waals surface area contributed by atoms with Crippen LogP contribution in [0.15, 0.2) is 24.3 Å². The van der Waals surface area contributed by atoms with Gasteiger partial charge in [-0.2, -0.15) is 4.98 Å². The van der Waals surface area contributed by atoms with E-state index < -0.39 is 0 Å². The van der Waals surface area contributed by atoms with Crippen LogP contribution in [0, 0.1) is 5.92 Å². The number of hydrogen-bond acceptors (Lipinski definition) is 7. The number of benzene rings is 1. The Morgan fingerprint density at radius 1 is 0.868 bits per heavy atom. The standard InChI is InChI=1S/C31H44N6O/c1-35-15-13-26(14-16-35)37-19-27-28(20-37)33-31(36-17-18-38-29(21-36)24-7-8-24)34-30(27)32-25-11-9-23(10-12-25)22-5-3-2-4-6-22/h9-12,22,24,26,29H,2-8,13-21H2,1H3,(H,32,33,34). The number of rotatable bonds is 6. The number of hydrogen-bond donors (Lipinski definition) is 1. The van der Waals surface area contributed by atoms with Gasteiger partial charge < -0.3 is 19.9 Å². The van der Waals surface area contributed by atoms with Crippen molar-refractivity contribution in [1.29, 1.82) is 0 Å². The molecule has 5 aliphatic rings. The maximum atomic E-state index is 6.11. The lowest BCUT2D eigenvalue weighted by Gasteiger charge is -2.34. The monoisotopic (exact) mass is 516 g/mol. The van der Waals surface area contributed by atoms with Crippen LogP contribution in [0.3, 0.4) is 0 Å². The molecular formula is C31H44N6O. The summed E-state index contributed by atoms with van der Waals surface area (Å²) in [5.41, 5.74) is 5.13. The van der Waals surface area contributed by atoms with Gasteiger partial charge in [-0.15, -0.1) is 0 Å². The first-order valence-corrected chi connectivity index (χ1v) is 15.3. The predicted molar refractivity (Wildman–Crippen MR) is 152 cm³/mol. The molecule has 1 aromatic carbocycles. The third-order valence-corrected chi connectivity index (χ3v) is 9.77. The van der Waals surface area contributed by atoms with Crippen LogP contribution in [-0.4, -0.2) is 71.7 Å². The van der Waals surface area contributed by atoms with Crippen LogP contribution >= 0.6 is 0 Å². The normalized spacial score (nSPS) is 26.0.